The maximum atomic E-state index is 13.5. The summed E-state index contributed by atoms with van der Waals surface area (Å²) in [6.45, 7) is 6.07. The van der Waals surface area contributed by atoms with Crippen molar-refractivity contribution in [2.75, 3.05) is 25.6 Å². The number of nitrogens with two attached hydrogens (primary N) is 1. The monoisotopic (exact) mass is 623 g/mol. The minimum Gasteiger partial charge on any atom is -0.476 e. The number of benzene rings is 1. The summed E-state index contributed by atoms with van der Waals surface area (Å²) in [7, 11) is -4.01. The smallest absolute Gasteiger partial charge is 0.476 e. The number of hydrogen-bond acceptors (Lipinski definition) is 13. The number of aromatic nitrogens is 4. The lowest BCUT2D eigenvalue weighted by Crippen LogP contribution is -2.42. The molecule has 0 amide bonds. The van der Waals surface area contributed by atoms with E-state index in [-0.39, 0.29) is 30.7 Å². The Hall–Kier alpha value is -3.00. The van der Waals surface area contributed by atoms with Crippen LogP contribution in [0.25, 0.3) is 11.2 Å². The molecule has 0 spiro atoms. The van der Waals surface area contributed by atoms with Crippen molar-refractivity contribution in [3.05, 3.63) is 41.2 Å². The van der Waals surface area contributed by atoms with E-state index in [9.17, 15) is 9.36 Å². The number of nitrogen functional groups attached to an aromatic ring is 1. The van der Waals surface area contributed by atoms with Crippen LogP contribution in [0.4, 0.5) is 10.7 Å². The van der Waals surface area contributed by atoms with E-state index in [0.717, 1.165) is 12.0 Å². The number of fused-ring (bicyclic) bond motifs is 2. The number of halogens is 1. The molecule has 1 aromatic carbocycles. The van der Waals surface area contributed by atoms with E-state index in [0.29, 0.717) is 29.5 Å². The molecule has 3 aromatic rings. The third-order valence-electron chi connectivity index (χ3n) is 7.33. The summed E-state index contributed by atoms with van der Waals surface area (Å²) in [6.07, 6.45) is -1.49. The lowest BCUT2D eigenvalue weighted by molar-refractivity contribution is -0.0924. The Morgan fingerprint density at radius 3 is 2.93 bits per heavy atom. The molecule has 2 aromatic heterocycles. The molecule has 3 aliphatic rings. The van der Waals surface area contributed by atoms with Crippen molar-refractivity contribution < 1.29 is 41.9 Å². The Morgan fingerprint density at radius 2 is 2.14 bits per heavy atom. The van der Waals surface area contributed by atoms with Gasteiger partial charge in [-0.3, -0.25) is 18.1 Å². The number of carbonyl (C=O) groups excluding carboxylic acids is 1. The van der Waals surface area contributed by atoms with Gasteiger partial charge in [0.25, 0.3) is 0 Å². The Labute approximate surface area is 246 Å². The minimum atomic E-state index is -4.01. The average molecular weight is 624 g/mol. The van der Waals surface area contributed by atoms with Gasteiger partial charge >= 0.3 is 14.0 Å². The van der Waals surface area contributed by atoms with Crippen LogP contribution < -0.4 is 10.5 Å². The Balaban J connectivity index is 1.24. The molecule has 3 fully saturated rings. The van der Waals surface area contributed by atoms with E-state index < -0.39 is 44.1 Å². The largest absolute Gasteiger partial charge is 0.509 e. The van der Waals surface area contributed by atoms with Gasteiger partial charge in [0, 0.05) is 11.4 Å². The van der Waals surface area contributed by atoms with Gasteiger partial charge in [-0.15, -0.1) is 0 Å². The summed E-state index contributed by atoms with van der Waals surface area (Å²) in [5.41, 5.74) is 6.01. The second kappa shape index (κ2) is 11.3. The molecule has 3 aliphatic heterocycles. The van der Waals surface area contributed by atoms with Crippen molar-refractivity contribution in [1.29, 1.82) is 0 Å². The molecule has 0 saturated carbocycles. The predicted molar refractivity (Wildman–Crippen MR) is 148 cm³/mol. The number of ether oxygens (including phenoxy) is 4. The van der Waals surface area contributed by atoms with Crippen molar-refractivity contribution in [3.63, 3.8) is 0 Å². The first-order chi connectivity index (χ1) is 20.0. The third kappa shape index (κ3) is 5.54. The van der Waals surface area contributed by atoms with Gasteiger partial charge in [0.15, 0.2) is 29.1 Å². The molecule has 16 heteroatoms. The normalized spacial score (nSPS) is 30.8. The Bertz CT molecular complexity index is 1540. The zero-order chi connectivity index (χ0) is 29.6. The zero-order valence-corrected chi connectivity index (χ0v) is 24.8. The molecule has 0 radical (unpaired) electrons. The van der Waals surface area contributed by atoms with Gasteiger partial charge < -0.3 is 24.7 Å². The second-order valence-electron chi connectivity index (χ2n) is 10.9. The summed E-state index contributed by atoms with van der Waals surface area (Å²) >= 11 is 6.12. The first kappa shape index (κ1) is 29.1. The standard InChI is InChI=1S/C26H31ClN5O9P/c1-14(2)7-9-35-22-19-21(30-24(28)31-22)29-13-32(19)23-26(3)20(39-25(33)40-26)18(38-23)12-37-42(34)36-10-8-17(41-42)15-5-4-6-16(27)11-15/h4-6,11,13-14,17-18,20,23H,7-10,12H2,1-3H3,(H2,28,30,31)/t17-,18+,20+,23+,26+,42+/m0/s1. The van der Waals surface area contributed by atoms with Gasteiger partial charge in [-0.05, 0) is 37.0 Å². The number of imidazole rings is 1. The number of hydrogen-bond donors (Lipinski definition) is 1. The Kier molecular flexibility index (Phi) is 7.79. The third-order valence-corrected chi connectivity index (χ3v) is 9.04. The van der Waals surface area contributed by atoms with Gasteiger partial charge in [0.2, 0.25) is 11.8 Å². The maximum Gasteiger partial charge on any atom is 0.509 e. The number of carbonyl (C=O) groups is 1. The van der Waals surface area contributed by atoms with Gasteiger partial charge in [-0.2, -0.15) is 9.97 Å². The highest BCUT2D eigenvalue weighted by molar-refractivity contribution is 7.48. The Morgan fingerprint density at radius 1 is 1.31 bits per heavy atom. The van der Waals surface area contributed by atoms with Crippen molar-refractivity contribution in [2.45, 2.75) is 63.8 Å². The lowest BCUT2D eigenvalue weighted by atomic mass is 9.96. The van der Waals surface area contributed by atoms with E-state index in [1.165, 1.54) is 6.33 Å². The van der Waals surface area contributed by atoms with Crippen molar-refractivity contribution in [2.24, 2.45) is 5.92 Å². The molecule has 226 valence electrons. The summed E-state index contributed by atoms with van der Waals surface area (Å²) in [6, 6.07) is 7.08. The maximum absolute atomic E-state index is 13.5. The van der Waals surface area contributed by atoms with E-state index in [1.54, 1.807) is 29.7 Å². The van der Waals surface area contributed by atoms with E-state index in [1.807, 2.05) is 6.07 Å². The second-order valence-corrected chi connectivity index (χ2v) is 12.9. The number of rotatable bonds is 9. The van der Waals surface area contributed by atoms with Crippen LogP contribution in [0.2, 0.25) is 5.02 Å². The van der Waals surface area contributed by atoms with Crippen LogP contribution in [0.3, 0.4) is 0 Å². The van der Waals surface area contributed by atoms with Crippen LogP contribution in [0.5, 0.6) is 5.88 Å². The fourth-order valence-corrected chi connectivity index (χ4v) is 6.83. The van der Waals surface area contributed by atoms with Crippen LogP contribution in [0, 0.1) is 5.92 Å². The highest BCUT2D eigenvalue weighted by atomic mass is 35.5. The quantitative estimate of drug-likeness (QED) is 0.250. The molecule has 14 nitrogen and oxygen atoms in total. The molecule has 42 heavy (non-hydrogen) atoms. The van der Waals surface area contributed by atoms with Crippen molar-refractivity contribution >= 4 is 42.7 Å². The summed E-state index contributed by atoms with van der Waals surface area (Å²) in [5.74, 6) is 0.618. The number of phosphoric ester groups is 1. The SMILES string of the molecule is CC(C)CCOc1nc(N)nc2ncn([C@@H]3O[C@H](CO[P@@]4(=O)OCC[C@@H](c5cccc(Cl)c5)O4)[C@H]4OC(=O)O[C@]43C)c12. The average Bonchev–Trinajstić information content (AvgIpc) is 3.56. The van der Waals surface area contributed by atoms with Crippen molar-refractivity contribution in [1.82, 2.24) is 19.5 Å². The molecular formula is C26H31ClN5O9P. The zero-order valence-electron chi connectivity index (χ0n) is 23.2. The van der Waals surface area contributed by atoms with Crippen LogP contribution in [0.1, 0.15) is 51.5 Å². The molecule has 6 rings (SSSR count). The van der Waals surface area contributed by atoms with E-state index in [2.05, 4.69) is 28.8 Å². The summed E-state index contributed by atoms with van der Waals surface area (Å²) in [4.78, 5) is 25.2. The van der Waals surface area contributed by atoms with Crippen LogP contribution in [0.15, 0.2) is 30.6 Å². The van der Waals surface area contributed by atoms with Gasteiger partial charge in [0.1, 0.15) is 12.4 Å². The fourth-order valence-electron chi connectivity index (χ4n) is 5.24. The number of anilines is 1. The molecule has 0 aliphatic carbocycles. The van der Waals surface area contributed by atoms with Gasteiger partial charge in [-0.1, -0.05) is 37.6 Å². The minimum absolute atomic E-state index is 0.00102. The molecular weight excluding hydrogens is 593 g/mol. The first-order valence-electron chi connectivity index (χ1n) is 13.6. The van der Waals surface area contributed by atoms with Crippen LogP contribution >= 0.6 is 19.4 Å². The number of phosphoric acid groups is 1. The van der Waals surface area contributed by atoms with Crippen LogP contribution in [-0.2, 0) is 32.3 Å². The lowest BCUT2D eigenvalue weighted by Gasteiger charge is -2.30. The van der Waals surface area contributed by atoms with Crippen LogP contribution in [-0.4, -0.2) is 63.3 Å². The topological polar surface area (TPSA) is 168 Å². The van der Waals surface area contributed by atoms with Gasteiger partial charge in [0.05, 0.1) is 25.9 Å². The van der Waals surface area contributed by atoms with Gasteiger partial charge in [-0.25, -0.2) is 14.3 Å². The van der Waals surface area contributed by atoms with Crippen molar-refractivity contribution in [3.8, 4) is 5.88 Å². The fraction of sp³-hybridized carbons (Fsp3) is 0.538. The molecule has 6 atom stereocenters. The summed E-state index contributed by atoms with van der Waals surface area (Å²) < 4.78 is 55.4. The van der Waals surface area contributed by atoms with E-state index in [4.69, 9.17) is 49.9 Å². The molecule has 0 bridgehead atoms. The highest BCUT2D eigenvalue weighted by Crippen LogP contribution is 2.58. The predicted octanol–water partition coefficient (Wildman–Crippen LogP) is 4.98. The highest BCUT2D eigenvalue weighted by Gasteiger charge is 2.64. The summed E-state index contributed by atoms with van der Waals surface area (Å²) in [5, 5.41) is 0.527. The molecule has 3 saturated heterocycles. The molecule has 5 heterocycles. The first-order valence-corrected chi connectivity index (χ1v) is 15.4. The molecule has 2 N–H and O–H groups in total. The van der Waals surface area contributed by atoms with E-state index >= 15 is 0 Å². The molecule has 0 unspecified atom stereocenters. The number of nitrogens with zero attached hydrogens (tertiary/aromatic N) is 4.